The van der Waals surface area contributed by atoms with Gasteiger partial charge in [-0.1, -0.05) is 24.3 Å². The van der Waals surface area contributed by atoms with Crippen LogP contribution in [0.1, 0.15) is 23.6 Å². The maximum atomic E-state index is 13.1. The molecule has 132 valence electrons. The summed E-state index contributed by atoms with van der Waals surface area (Å²) in [4.78, 5) is 3.93. The minimum absolute atomic E-state index is 0.285. The lowest BCUT2D eigenvalue weighted by atomic mass is 10.0. The molecule has 2 aromatic rings. The molecule has 0 aliphatic heterocycles. The molecule has 0 heterocycles. The highest BCUT2D eigenvalue weighted by molar-refractivity contribution is 6.02. The van der Waals surface area contributed by atoms with Crippen LogP contribution in [0.4, 0.5) is 17.6 Å². The first kappa shape index (κ1) is 18.6. The van der Waals surface area contributed by atoms with Crippen molar-refractivity contribution in [3.05, 3.63) is 71.0 Å². The molecule has 0 radical (unpaired) electrons. The van der Waals surface area contributed by atoms with Crippen LogP contribution < -0.4 is 5.43 Å². The van der Waals surface area contributed by atoms with Crippen molar-refractivity contribution in [1.29, 1.82) is 0 Å². The van der Waals surface area contributed by atoms with Crippen LogP contribution in [0.5, 0.6) is 0 Å². The Labute approximate surface area is 143 Å². The molecule has 0 aromatic heterocycles. The van der Waals surface area contributed by atoms with E-state index in [1.807, 2.05) is 0 Å². The van der Waals surface area contributed by atoms with E-state index in [2.05, 4.69) is 15.5 Å². The SMILES string of the molecule is CN=C(C)N/N=C(/Cc1ccc(C(F)(F)F)cc1)c1ccc(F)cc1. The third-order valence-electron chi connectivity index (χ3n) is 3.52. The first-order chi connectivity index (χ1) is 11.8. The van der Waals surface area contributed by atoms with E-state index in [9.17, 15) is 17.6 Å². The van der Waals surface area contributed by atoms with Gasteiger partial charge in [0.25, 0.3) is 0 Å². The van der Waals surface area contributed by atoms with Gasteiger partial charge in [-0.3, -0.25) is 10.4 Å². The topological polar surface area (TPSA) is 36.8 Å². The first-order valence-electron chi connectivity index (χ1n) is 7.47. The van der Waals surface area contributed by atoms with Crippen molar-refractivity contribution in [1.82, 2.24) is 5.43 Å². The Hall–Kier alpha value is -2.70. The standard InChI is InChI=1S/C18H17F4N3/c1-12(23-2)24-25-17(14-5-9-16(19)10-6-14)11-13-3-7-15(8-4-13)18(20,21)22/h3-10H,11H2,1-2H3,(H,23,24)/b25-17-. The molecule has 0 bridgehead atoms. The molecule has 0 fully saturated rings. The van der Waals surface area contributed by atoms with Crippen LogP contribution in [-0.2, 0) is 12.6 Å². The van der Waals surface area contributed by atoms with E-state index in [0.717, 1.165) is 12.1 Å². The van der Waals surface area contributed by atoms with Gasteiger partial charge in [0.05, 0.1) is 11.3 Å². The van der Waals surface area contributed by atoms with Crippen LogP contribution in [0.3, 0.4) is 0 Å². The molecule has 0 aliphatic carbocycles. The van der Waals surface area contributed by atoms with Gasteiger partial charge in [-0.05, 0) is 42.3 Å². The van der Waals surface area contributed by atoms with E-state index in [1.165, 1.54) is 24.3 Å². The highest BCUT2D eigenvalue weighted by Crippen LogP contribution is 2.29. The lowest BCUT2D eigenvalue weighted by Gasteiger charge is -2.10. The molecule has 0 aliphatic rings. The Morgan fingerprint density at radius 3 is 2.12 bits per heavy atom. The lowest BCUT2D eigenvalue weighted by Crippen LogP contribution is -2.18. The highest BCUT2D eigenvalue weighted by atomic mass is 19.4. The fraction of sp³-hybridized carbons (Fsp3) is 0.222. The predicted octanol–water partition coefficient (Wildman–Crippen LogP) is 4.43. The number of alkyl halides is 3. The number of rotatable bonds is 4. The summed E-state index contributed by atoms with van der Waals surface area (Å²) in [6.45, 7) is 1.73. The van der Waals surface area contributed by atoms with Crippen molar-refractivity contribution >= 4 is 11.5 Å². The fourth-order valence-electron chi connectivity index (χ4n) is 2.05. The number of hydrazone groups is 1. The lowest BCUT2D eigenvalue weighted by molar-refractivity contribution is -0.137. The normalized spacial score (nSPS) is 13.0. The van der Waals surface area contributed by atoms with Gasteiger partial charge in [0.1, 0.15) is 11.7 Å². The van der Waals surface area contributed by atoms with Crippen LogP contribution >= 0.6 is 0 Å². The molecule has 3 nitrogen and oxygen atoms in total. The van der Waals surface area contributed by atoms with Crippen LogP contribution in [0.15, 0.2) is 58.6 Å². The van der Waals surface area contributed by atoms with E-state index in [4.69, 9.17) is 0 Å². The summed E-state index contributed by atoms with van der Waals surface area (Å²) in [7, 11) is 1.60. The molecular weight excluding hydrogens is 334 g/mol. The second-order valence-corrected chi connectivity index (χ2v) is 5.36. The summed E-state index contributed by atoms with van der Waals surface area (Å²) in [5.41, 5.74) is 3.94. The summed E-state index contributed by atoms with van der Waals surface area (Å²) in [6, 6.07) is 10.6. The minimum atomic E-state index is -4.37. The van der Waals surface area contributed by atoms with Crippen molar-refractivity contribution in [3.8, 4) is 0 Å². The Balaban J connectivity index is 2.28. The summed E-state index contributed by atoms with van der Waals surface area (Å²) in [5.74, 6) is 0.198. The molecule has 1 N–H and O–H groups in total. The number of aliphatic imine (C=N–C) groups is 1. The summed E-state index contributed by atoms with van der Waals surface area (Å²) < 4.78 is 51.1. The van der Waals surface area contributed by atoms with Crippen molar-refractivity contribution in [2.75, 3.05) is 7.05 Å². The van der Waals surface area contributed by atoms with E-state index in [1.54, 1.807) is 26.1 Å². The Morgan fingerprint density at radius 1 is 1.00 bits per heavy atom. The van der Waals surface area contributed by atoms with Crippen LogP contribution in [0, 0.1) is 5.82 Å². The van der Waals surface area contributed by atoms with Crippen molar-refractivity contribution < 1.29 is 17.6 Å². The number of benzene rings is 2. The Morgan fingerprint density at radius 2 is 1.60 bits per heavy atom. The van der Waals surface area contributed by atoms with Gasteiger partial charge >= 0.3 is 6.18 Å². The smallest absolute Gasteiger partial charge is 0.275 e. The number of hydrogen-bond donors (Lipinski definition) is 1. The Bertz CT molecular complexity index is 760. The number of hydrogen-bond acceptors (Lipinski definition) is 2. The molecule has 2 aromatic carbocycles. The number of nitrogens with zero attached hydrogens (tertiary/aromatic N) is 2. The molecule has 7 heteroatoms. The largest absolute Gasteiger partial charge is 0.416 e. The highest BCUT2D eigenvalue weighted by Gasteiger charge is 2.29. The van der Waals surface area contributed by atoms with Gasteiger partial charge in [-0.2, -0.15) is 18.3 Å². The van der Waals surface area contributed by atoms with Gasteiger partial charge in [0.15, 0.2) is 0 Å². The molecule has 0 unspecified atom stereocenters. The zero-order chi connectivity index (χ0) is 18.4. The van der Waals surface area contributed by atoms with E-state index >= 15 is 0 Å². The number of halogens is 4. The molecule has 0 atom stereocenters. The molecule has 2 rings (SSSR count). The van der Waals surface area contributed by atoms with Gasteiger partial charge in [0.2, 0.25) is 0 Å². The average Bonchev–Trinajstić information content (AvgIpc) is 2.58. The van der Waals surface area contributed by atoms with E-state index in [0.29, 0.717) is 22.7 Å². The summed E-state index contributed by atoms with van der Waals surface area (Å²) in [6.07, 6.45) is -4.09. The van der Waals surface area contributed by atoms with E-state index < -0.39 is 11.7 Å². The van der Waals surface area contributed by atoms with E-state index in [-0.39, 0.29) is 12.2 Å². The second-order valence-electron chi connectivity index (χ2n) is 5.36. The third kappa shape index (κ3) is 5.41. The van der Waals surface area contributed by atoms with Crippen molar-refractivity contribution in [3.63, 3.8) is 0 Å². The van der Waals surface area contributed by atoms with Crippen LogP contribution in [0.2, 0.25) is 0 Å². The molecule has 0 amide bonds. The minimum Gasteiger partial charge on any atom is -0.275 e. The fourth-order valence-corrected chi connectivity index (χ4v) is 2.05. The maximum absolute atomic E-state index is 13.1. The molecule has 0 saturated carbocycles. The zero-order valence-electron chi connectivity index (χ0n) is 13.7. The molecule has 25 heavy (non-hydrogen) atoms. The van der Waals surface area contributed by atoms with Gasteiger partial charge < -0.3 is 0 Å². The average molecular weight is 351 g/mol. The van der Waals surface area contributed by atoms with Gasteiger partial charge in [0, 0.05) is 13.5 Å². The predicted molar refractivity (Wildman–Crippen MR) is 90.3 cm³/mol. The molecule has 0 spiro atoms. The second kappa shape index (κ2) is 7.92. The first-order valence-corrected chi connectivity index (χ1v) is 7.47. The zero-order valence-corrected chi connectivity index (χ0v) is 13.7. The molecular formula is C18H17F4N3. The maximum Gasteiger partial charge on any atom is 0.416 e. The van der Waals surface area contributed by atoms with Crippen LogP contribution in [0.25, 0.3) is 0 Å². The third-order valence-corrected chi connectivity index (χ3v) is 3.52. The van der Waals surface area contributed by atoms with Crippen molar-refractivity contribution in [2.24, 2.45) is 10.1 Å². The summed E-state index contributed by atoms with van der Waals surface area (Å²) >= 11 is 0. The van der Waals surface area contributed by atoms with Gasteiger partial charge in [-0.25, -0.2) is 4.39 Å². The number of nitrogens with one attached hydrogen (secondary N) is 1. The van der Waals surface area contributed by atoms with Gasteiger partial charge in [-0.15, -0.1) is 0 Å². The van der Waals surface area contributed by atoms with Crippen molar-refractivity contribution in [2.45, 2.75) is 19.5 Å². The molecule has 0 saturated heterocycles. The Kier molecular flexibility index (Phi) is 5.90. The van der Waals surface area contributed by atoms with Crippen LogP contribution in [-0.4, -0.2) is 18.6 Å². The summed E-state index contributed by atoms with van der Waals surface area (Å²) in [5, 5.41) is 4.25. The number of amidine groups is 1. The quantitative estimate of drug-likeness (QED) is 0.376. The monoisotopic (exact) mass is 351 g/mol.